The number of carbonyl (C=O) groups excluding carboxylic acids is 1. The summed E-state index contributed by atoms with van der Waals surface area (Å²) in [5.41, 5.74) is 0. The van der Waals surface area contributed by atoms with Gasteiger partial charge in [-0.05, 0) is 31.3 Å². The molecule has 0 bridgehead atoms. The maximum atomic E-state index is 11.3. The third kappa shape index (κ3) is 9.99. The highest BCUT2D eigenvalue weighted by Gasteiger charge is 2.10. The van der Waals surface area contributed by atoms with Gasteiger partial charge in [0.15, 0.2) is 0 Å². The van der Waals surface area contributed by atoms with E-state index in [1.807, 2.05) is 0 Å². The fraction of sp³-hybridized carbons (Fsp3) is 0.818. The number of nitrogens with one attached hydrogen (secondary N) is 2. The molecule has 0 aliphatic rings. The first-order valence-corrected chi connectivity index (χ1v) is 7.20. The SMILES string of the molecule is CSCCCCNC(=O)NCCC(C)C(=O)O. The fourth-order valence-electron chi connectivity index (χ4n) is 1.16. The predicted molar refractivity (Wildman–Crippen MR) is 70.4 cm³/mol. The lowest BCUT2D eigenvalue weighted by Gasteiger charge is -2.09. The third-order valence-corrected chi connectivity index (χ3v) is 3.04. The molecule has 0 rings (SSSR count). The van der Waals surface area contributed by atoms with E-state index in [1.54, 1.807) is 18.7 Å². The molecule has 5 nitrogen and oxygen atoms in total. The van der Waals surface area contributed by atoms with E-state index >= 15 is 0 Å². The molecule has 0 aromatic rings. The van der Waals surface area contributed by atoms with Crippen molar-refractivity contribution in [3.05, 3.63) is 0 Å². The van der Waals surface area contributed by atoms with Crippen molar-refractivity contribution in [2.75, 3.05) is 25.1 Å². The van der Waals surface area contributed by atoms with Gasteiger partial charge in [-0.2, -0.15) is 11.8 Å². The molecule has 0 aromatic carbocycles. The second kappa shape index (κ2) is 10.3. The normalized spacial score (nSPS) is 11.9. The van der Waals surface area contributed by atoms with E-state index in [0.717, 1.165) is 18.6 Å². The van der Waals surface area contributed by atoms with Gasteiger partial charge in [-0.3, -0.25) is 4.79 Å². The molecule has 0 saturated heterocycles. The van der Waals surface area contributed by atoms with Crippen LogP contribution in [0.5, 0.6) is 0 Å². The van der Waals surface area contributed by atoms with Crippen LogP contribution in [0.3, 0.4) is 0 Å². The van der Waals surface area contributed by atoms with E-state index in [2.05, 4.69) is 16.9 Å². The second-order valence-electron chi connectivity index (χ2n) is 3.91. The van der Waals surface area contributed by atoms with Crippen molar-refractivity contribution >= 4 is 23.8 Å². The lowest BCUT2D eigenvalue weighted by molar-refractivity contribution is -0.141. The average molecular weight is 262 g/mol. The Morgan fingerprint density at radius 2 is 1.88 bits per heavy atom. The van der Waals surface area contributed by atoms with Gasteiger partial charge < -0.3 is 15.7 Å². The zero-order chi connectivity index (χ0) is 13.1. The summed E-state index contributed by atoms with van der Waals surface area (Å²) in [6.45, 7) is 2.69. The Morgan fingerprint density at radius 1 is 1.24 bits per heavy atom. The molecule has 0 spiro atoms. The van der Waals surface area contributed by atoms with Crippen LogP contribution in [0.15, 0.2) is 0 Å². The first-order chi connectivity index (χ1) is 8.07. The van der Waals surface area contributed by atoms with Gasteiger partial charge in [-0.15, -0.1) is 0 Å². The van der Waals surface area contributed by atoms with Crippen LogP contribution >= 0.6 is 11.8 Å². The number of rotatable bonds is 9. The summed E-state index contributed by atoms with van der Waals surface area (Å²) >= 11 is 1.80. The quantitative estimate of drug-likeness (QED) is 0.551. The molecule has 0 fully saturated rings. The van der Waals surface area contributed by atoms with Crippen molar-refractivity contribution in [1.29, 1.82) is 0 Å². The molecular weight excluding hydrogens is 240 g/mol. The molecule has 0 aliphatic heterocycles. The molecule has 6 heteroatoms. The number of carboxylic acids is 1. The molecule has 1 unspecified atom stereocenters. The smallest absolute Gasteiger partial charge is 0.314 e. The Bertz CT molecular complexity index is 237. The molecule has 0 heterocycles. The van der Waals surface area contributed by atoms with Crippen LogP contribution < -0.4 is 10.6 Å². The Morgan fingerprint density at radius 3 is 2.47 bits per heavy atom. The number of unbranched alkanes of at least 4 members (excludes halogenated alkanes) is 1. The number of hydrogen-bond acceptors (Lipinski definition) is 3. The first kappa shape index (κ1) is 16.1. The van der Waals surface area contributed by atoms with Gasteiger partial charge in [-0.1, -0.05) is 6.92 Å². The molecule has 0 saturated carbocycles. The van der Waals surface area contributed by atoms with Crippen LogP contribution in [-0.4, -0.2) is 42.2 Å². The topological polar surface area (TPSA) is 78.4 Å². The van der Waals surface area contributed by atoms with Crippen LogP contribution in [0, 0.1) is 5.92 Å². The van der Waals surface area contributed by atoms with Crippen molar-refractivity contribution in [3.8, 4) is 0 Å². The van der Waals surface area contributed by atoms with Crippen molar-refractivity contribution in [1.82, 2.24) is 10.6 Å². The number of amides is 2. The van der Waals surface area contributed by atoms with E-state index in [1.165, 1.54) is 0 Å². The van der Waals surface area contributed by atoms with Gasteiger partial charge in [0.25, 0.3) is 0 Å². The summed E-state index contributed by atoms with van der Waals surface area (Å²) in [4.78, 5) is 21.8. The summed E-state index contributed by atoms with van der Waals surface area (Å²) in [5, 5.41) is 14.0. The van der Waals surface area contributed by atoms with Crippen molar-refractivity contribution in [2.45, 2.75) is 26.2 Å². The average Bonchev–Trinajstić information content (AvgIpc) is 2.28. The largest absolute Gasteiger partial charge is 0.481 e. The number of carbonyl (C=O) groups is 2. The van der Waals surface area contributed by atoms with Crippen LogP contribution in [0.2, 0.25) is 0 Å². The molecule has 100 valence electrons. The van der Waals surface area contributed by atoms with Gasteiger partial charge in [0, 0.05) is 13.1 Å². The minimum absolute atomic E-state index is 0.216. The standard InChI is InChI=1S/C11H22N2O3S/c1-9(10(14)15)5-7-13-11(16)12-6-3-4-8-17-2/h9H,3-8H2,1-2H3,(H,14,15)(H2,12,13,16). The van der Waals surface area contributed by atoms with Crippen LogP contribution in [0.25, 0.3) is 0 Å². The summed E-state index contributed by atoms with van der Waals surface area (Å²) in [7, 11) is 0. The van der Waals surface area contributed by atoms with E-state index in [-0.39, 0.29) is 6.03 Å². The molecule has 0 radical (unpaired) electrons. The minimum atomic E-state index is -0.829. The molecule has 0 aromatic heterocycles. The van der Waals surface area contributed by atoms with E-state index in [9.17, 15) is 9.59 Å². The summed E-state index contributed by atoms with van der Waals surface area (Å²) in [5.74, 6) is -0.138. The molecule has 0 aliphatic carbocycles. The maximum Gasteiger partial charge on any atom is 0.314 e. The maximum absolute atomic E-state index is 11.3. The van der Waals surface area contributed by atoms with Crippen molar-refractivity contribution in [3.63, 3.8) is 0 Å². The van der Waals surface area contributed by atoms with Gasteiger partial charge in [0.2, 0.25) is 0 Å². The lowest BCUT2D eigenvalue weighted by atomic mass is 10.1. The van der Waals surface area contributed by atoms with Gasteiger partial charge >= 0.3 is 12.0 Å². The first-order valence-electron chi connectivity index (χ1n) is 5.81. The third-order valence-electron chi connectivity index (χ3n) is 2.35. The van der Waals surface area contributed by atoms with Crippen LogP contribution in [-0.2, 0) is 4.79 Å². The van der Waals surface area contributed by atoms with E-state index < -0.39 is 11.9 Å². The van der Waals surface area contributed by atoms with Gasteiger partial charge in [0.05, 0.1) is 5.92 Å². The Hall–Kier alpha value is -0.910. The molecular formula is C11H22N2O3S. The van der Waals surface area contributed by atoms with Gasteiger partial charge in [-0.25, -0.2) is 4.79 Å². The summed E-state index contributed by atoms with van der Waals surface area (Å²) < 4.78 is 0. The highest BCUT2D eigenvalue weighted by atomic mass is 32.2. The Labute approximate surface area is 107 Å². The van der Waals surface area contributed by atoms with Crippen LogP contribution in [0.1, 0.15) is 26.2 Å². The number of urea groups is 1. The Kier molecular flexibility index (Phi) is 9.71. The van der Waals surface area contributed by atoms with E-state index in [0.29, 0.717) is 19.5 Å². The van der Waals surface area contributed by atoms with Crippen molar-refractivity contribution < 1.29 is 14.7 Å². The highest BCUT2D eigenvalue weighted by molar-refractivity contribution is 7.98. The zero-order valence-corrected chi connectivity index (χ0v) is 11.3. The summed E-state index contributed by atoms with van der Waals surface area (Å²) in [6, 6.07) is -0.216. The highest BCUT2D eigenvalue weighted by Crippen LogP contribution is 1.99. The molecule has 3 N–H and O–H groups in total. The number of aliphatic carboxylic acids is 1. The lowest BCUT2D eigenvalue weighted by Crippen LogP contribution is -2.37. The fourth-order valence-corrected chi connectivity index (χ4v) is 1.65. The number of hydrogen-bond donors (Lipinski definition) is 3. The Balaban J connectivity index is 3.38. The number of carboxylic acid groups (broad SMARTS) is 1. The predicted octanol–water partition coefficient (Wildman–Crippen LogP) is 1.54. The zero-order valence-electron chi connectivity index (χ0n) is 10.5. The number of thioether (sulfide) groups is 1. The molecule has 17 heavy (non-hydrogen) atoms. The molecule has 1 atom stereocenters. The van der Waals surface area contributed by atoms with Crippen molar-refractivity contribution in [2.24, 2.45) is 5.92 Å². The monoisotopic (exact) mass is 262 g/mol. The molecule has 2 amide bonds. The van der Waals surface area contributed by atoms with E-state index in [4.69, 9.17) is 5.11 Å². The second-order valence-corrected chi connectivity index (χ2v) is 4.90. The summed E-state index contributed by atoms with van der Waals surface area (Å²) in [6.07, 6.45) is 4.58. The minimum Gasteiger partial charge on any atom is -0.481 e. The van der Waals surface area contributed by atoms with Gasteiger partial charge in [0.1, 0.15) is 0 Å². The van der Waals surface area contributed by atoms with Crippen LogP contribution in [0.4, 0.5) is 4.79 Å².